The molecular weight excluding hydrogens is 167 g/mol. The second kappa shape index (κ2) is 3.05. The Bertz CT molecular complexity index is 250. The largest absolute Gasteiger partial charge is 0.416 e. The van der Waals surface area contributed by atoms with Gasteiger partial charge in [0.15, 0.2) is 0 Å². The normalized spacial score (nSPS) is 11.3. The van der Waals surface area contributed by atoms with Gasteiger partial charge in [0.1, 0.15) is 0 Å². The van der Waals surface area contributed by atoms with E-state index in [1.165, 1.54) is 12.1 Å². The predicted molar refractivity (Wildman–Crippen MR) is 40.4 cm³/mol. The lowest BCUT2D eigenvalue weighted by Crippen LogP contribution is -2.04. The lowest BCUT2D eigenvalue weighted by molar-refractivity contribution is -0.137. The van der Waals surface area contributed by atoms with Crippen molar-refractivity contribution >= 4 is 5.69 Å². The summed E-state index contributed by atoms with van der Waals surface area (Å²) in [5.41, 5.74) is -0.0931. The van der Waals surface area contributed by atoms with Gasteiger partial charge in [-0.15, -0.1) is 0 Å². The highest BCUT2D eigenvalue weighted by molar-refractivity contribution is 5.45. The second-order valence-electron chi connectivity index (χ2n) is 2.25. The van der Waals surface area contributed by atoms with Gasteiger partial charge < -0.3 is 5.32 Å². The maximum atomic E-state index is 12.0. The standard InChI is InChI=1S/C8H7F3N/c1-12-7-4-2-6(3-5-7)8(9,10)11/h2-5,12H,1H2. The molecule has 1 aromatic carbocycles. The van der Waals surface area contributed by atoms with E-state index >= 15 is 0 Å². The van der Waals surface area contributed by atoms with Gasteiger partial charge in [-0.25, -0.2) is 0 Å². The molecule has 1 rings (SSSR count). The highest BCUT2D eigenvalue weighted by Gasteiger charge is 2.29. The van der Waals surface area contributed by atoms with Crippen LogP contribution in [0.2, 0.25) is 0 Å². The van der Waals surface area contributed by atoms with Crippen molar-refractivity contribution in [2.75, 3.05) is 5.32 Å². The van der Waals surface area contributed by atoms with E-state index in [0.29, 0.717) is 5.69 Å². The molecule has 0 spiro atoms. The Morgan fingerprint density at radius 1 is 1.08 bits per heavy atom. The quantitative estimate of drug-likeness (QED) is 0.690. The van der Waals surface area contributed by atoms with Crippen LogP contribution in [-0.2, 0) is 6.18 Å². The van der Waals surface area contributed by atoms with Gasteiger partial charge in [-0.2, -0.15) is 13.2 Å². The summed E-state index contributed by atoms with van der Waals surface area (Å²) in [6, 6.07) is 4.67. The minimum atomic E-state index is -4.26. The molecule has 0 heterocycles. The van der Waals surface area contributed by atoms with Gasteiger partial charge in [0.25, 0.3) is 0 Å². The number of alkyl halides is 3. The molecule has 0 saturated heterocycles. The number of halogens is 3. The van der Waals surface area contributed by atoms with Crippen LogP contribution in [-0.4, -0.2) is 0 Å². The first-order valence-corrected chi connectivity index (χ1v) is 3.24. The van der Waals surface area contributed by atoms with Crippen molar-refractivity contribution in [3.8, 4) is 0 Å². The number of rotatable bonds is 1. The van der Waals surface area contributed by atoms with E-state index in [1.807, 2.05) is 0 Å². The van der Waals surface area contributed by atoms with Gasteiger partial charge in [-0.1, -0.05) is 0 Å². The lowest BCUT2D eigenvalue weighted by atomic mass is 10.2. The molecule has 0 bridgehead atoms. The van der Waals surface area contributed by atoms with Crippen LogP contribution < -0.4 is 5.32 Å². The molecule has 0 amide bonds. The Labute approximate surface area is 68.2 Å². The fourth-order valence-corrected chi connectivity index (χ4v) is 0.777. The third-order valence-electron chi connectivity index (χ3n) is 1.42. The Hall–Kier alpha value is -1.19. The van der Waals surface area contributed by atoms with E-state index in [0.717, 1.165) is 12.1 Å². The van der Waals surface area contributed by atoms with Crippen LogP contribution in [0.25, 0.3) is 0 Å². The summed E-state index contributed by atoms with van der Waals surface area (Å²) in [6.45, 7) is 0. The summed E-state index contributed by atoms with van der Waals surface area (Å²) in [5, 5.41) is 2.49. The predicted octanol–water partition coefficient (Wildman–Crippen LogP) is 2.91. The first-order valence-electron chi connectivity index (χ1n) is 3.24. The molecule has 1 nitrogen and oxygen atoms in total. The van der Waals surface area contributed by atoms with Crippen molar-refractivity contribution in [2.24, 2.45) is 0 Å². The van der Waals surface area contributed by atoms with Gasteiger partial charge >= 0.3 is 6.18 Å². The highest BCUT2D eigenvalue weighted by atomic mass is 19.4. The van der Waals surface area contributed by atoms with Gasteiger partial charge in [-0.05, 0) is 24.3 Å². The molecule has 4 heteroatoms. The Morgan fingerprint density at radius 3 is 1.92 bits per heavy atom. The van der Waals surface area contributed by atoms with Gasteiger partial charge in [0, 0.05) is 12.7 Å². The second-order valence-corrected chi connectivity index (χ2v) is 2.25. The van der Waals surface area contributed by atoms with E-state index in [4.69, 9.17) is 0 Å². The average molecular weight is 174 g/mol. The molecule has 1 aromatic rings. The molecule has 0 aliphatic carbocycles. The van der Waals surface area contributed by atoms with Crippen LogP contribution in [0.15, 0.2) is 24.3 Å². The van der Waals surface area contributed by atoms with E-state index in [9.17, 15) is 13.2 Å². The number of hydrogen-bond acceptors (Lipinski definition) is 1. The maximum absolute atomic E-state index is 12.0. The van der Waals surface area contributed by atoms with E-state index in [-0.39, 0.29) is 0 Å². The zero-order chi connectivity index (χ0) is 9.19. The molecule has 0 unspecified atom stereocenters. The third kappa shape index (κ3) is 1.90. The van der Waals surface area contributed by atoms with Crippen LogP contribution in [0.5, 0.6) is 0 Å². The van der Waals surface area contributed by atoms with Gasteiger partial charge in [0.05, 0.1) is 5.56 Å². The minimum absolute atomic E-state index is 0.558. The number of benzene rings is 1. The Morgan fingerprint density at radius 2 is 1.58 bits per heavy atom. The van der Waals surface area contributed by atoms with Crippen LogP contribution in [0.4, 0.5) is 18.9 Å². The lowest BCUT2D eigenvalue weighted by Gasteiger charge is -2.06. The summed E-state index contributed by atoms with van der Waals surface area (Å²) in [6.07, 6.45) is -4.26. The molecule has 65 valence electrons. The van der Waals surface area contributed by atoms with Crippen molar-refractivity contribution < 1.29 is 13.2 Å². The SMILES string of the molecule is [CH2]Nc1ccc(C(F)(F)F)cc1. The first-order chi connectivity index (χ1) is 5.54. The third-order valence-corrected chi connectivity index (χ3v) is 1.42. The van der Waals surface area contributed by atoms with E-state index < -0.39 is 11.7 Å². The van der Waals surface area contributed by atoms with E-state index in [1.54, 1.807) is 0 Å². The molecule has 12 heavy (non-hydrogen) atoms. The summed E-state index contributed by atoms with van der Waals surface area (Å²) >= 11 is 0. The van der Waals surface area contributed by atoms with Gasteiger partial charge in [0.2, 0.25) is 0 Å². The van der Waals surface area contributed by atoms with Gasteiger partial charge in [-0.3, -0.25) is 0 Å². The Balaban J connectivity index is 2.93. The molecule has 1 N–H and O–H groups in total. The maximum Gasteiger partial charge on any atom is 0.416 e. The van der Waals surface area contributed by atoms with Crippen LogP contribution in [0.1, 0.15) is 5.56 Å². The molecule has 0 aromatic heterocycles. The number of hydrogen-bond donors (Lipinski definition) is 1. The Kier molecular flexibility index (Phi) is 2.26. The average Bonchev–Trinajstić information content (AvgIpc) is 2.03. The molecule has 1 radical (unpaired) electrons. The molecule has 0 aliphatic rings. The number of nitrogens with one attached hydrogen (secondary N) is 1. The van der Waals surface area contributed by atoms with E-state index in [2.05, 4.69) is 12.4 Å². The van der Waals surface area contributed by atoms with Crippen molar-refractivity contribution in [3.63, 3.8) is 0 Å². The number of anilines is 1. The fraction of sp³-hybridized carbons (Fsp3) is 0.125. The summed E-state index contributed by atoms with van der Waals surface area (Å²) in [4.78, 5) is 0. The molecular formula is C8H7F3N. The minimum Gasteiger partial charge on any atom is -0.383 e. The fourth-order valence-electron chi connectivity index (χ4n) is 0.777. The molecule has 0 atom stereocenters. The van der Waals surface area contributed by atoms with Crippen molar-refractivity contribution in [3.05, 3.63) is 36.9 Å². The zero-order valence-electron chi connectivity index (χ0n) is 6.15. The molecule has 0 fully saturated rings. The van der Waals surface area contributed by atoms with Crippen LogP contribution in [0, 0.1) is 7.05 Å². The highest BCUT2D eigenvalue weighted by Crippen LogP contribution is 2.29. The zero-order valence-corrected chi connectivity index (χ0v) is 6.15. The topological polar surface area (TPSA) is 12.0 Å². The monoisotopic (exact) mass is 174 g/mol. The van der Waals surface area contributed by atoms with Crippen molar-refractivity contribution in [2.45, 2.75) is 6.18 Å². The van der Waals surface area contributed by atoms with Crippen molar-refractivity contribution in [1.29, 1.82) is 0 Å². The van der Waals surface area contributed by atoms with Crippen LogP contribution >= 0.6 is 0 Å². The summed E-state index contributed by atoms with van der Waals surface area (Å²) in [5.74, 6) is 0. The van der Waals surface area contributed by atoms with Crippen molar-refractivity contribution in [1.82, 2.24) is 0 Å². The molecule has 0 saturated carbocycles. The summed E-state index contributed by atoms with van der Waals surface area (Å²) in [7, 11) is 3.32. The smallest absolute Gasteiger partial charge is 0.383 e. The summed E-state index contributed by atoms with van der Waals surface area (Å²) < 4.78 is 36.0. The van der Waals surface area contributed by atoms with Crippen LogP contribution in [0.3, 0.4) is 0 Å². The molecule has 0 aliphatic heterocycles. The first kappa shape index (κ1) is 8.90.